The first kappa shape index (κ1) is 10.8. The van der Waals surface area contributed by atoms with E-state index < -0.39 is 5.97 Å². The van der Waals surface area contributed by atoms with E-state index in [1.807, 2.05) is 24.3 Å². The zero-order valence-electron chi connectivity index (χ0n) is 9.80. The SMILES string of the molecule is CCOC(=O)c1noc2c1COc1ccccc1-2. The van der Waals surface area contributed by atoms with Crippen molar-refractivity contribution in [1.29, 1.82) is 0 Å². The van der Waals surface area contributed by atoms with Crippen molar-refractivity contribution in [1.82, 2.24) is 5.16 Å². The predicted octanol–water partition coefficient (Wildman–Crippen LogP) is 2.41. The van der Waals surface area contributed by atoms with E-state index in [0.717, 1.165) is 11.3 Å². The van der Waals surface area contributed by atoms with Crippen LogP contribution in [0.5, 0.6) is 5.75 Å². The number of esters is 1. The summed E-state index contributed by atoms with van der Waals surface area (Å²) in [6.45, 7) is 2.32. The monoisotopic (exact) mass is 245 g/mol. The van der Waals surface area contributed by atoms with Crippen molar-refractivity contribution in [2.75, 3.05) is 6.61 Å². The van der Waals surface area contributed by atoms with Crippen LogP contribution in [0, 0.1) is 0 Å². The first-order chi connectivity index (χ1) is 8.81. The second kappa shape index (κ2) is 4.18. The number of rotatable bonds is 2. The van der Waals surface area contributed by atoms with Gasteiger partial charge in [0.1, 0.15) is 12.4 Å². The molecule has 0 radical (unpaired) electrons. The van der Waals surface area contributed by atoms with Gasteiger partial charge in [-0.3, -0.25) is 0 Å². The topological polar surface area (TPSA) is 61.6 Å². The number of nitrogens with zero attached hydrogens (tertiary/aromatic N) is 1. The molecule has 1 aliphatic heterocycles. The summed E-state index contributed by atoms with van der Waals surface area (Å²) < 4.78 is 15.7. The van der Waals surface area contributed by atoms with E-state index in [0.29, 0.717) is 17.9 Å². The molecular weight excluding hydrogens is 234 g/mol. The molecule has 0 aliphatic carbocycles. The number of para-hydroxylation sites is 1. The number of hydrogen-bond donors (Lipinski definition) is 0. The van der Waals surface area contributed by atoms with Gasteiger partial charge in [-0.25, -0.2) is 4.79 Å². The van der Waals surface area contributed by atoms with Gasteiger partial charge in [0.15, 0.2) is 11.5 Å². The van der Waals surface area contributed by atoms with Gasteiger partial charge in [0.25, 0.3) is 0 Å². The Morgan fingerprint density at radius 1 is 1.44 bits per heavy atom. The van der Waals surface area contributed by atoms with Crippen LogP contribution in [0.3, 0.4) is 0 Å². The zero-order chi connectivity index (χ0) is 12.5. The molecule has 92 valence electrons. The van der Waals surface area contributed by atoms with E-state index in [-0.39, 0.29) is 12.3 Å². The van der Waals surface area contributed by atoms with Crippen molar-refractivity contribution in [3.63, 3.8) is 0 Å². The van der Waals surface area contributed by atoms with Crippen LogP contribution in [0.4, 0.5) is 0 Å². The van der Waals surface area contributed by atoms with Crippen LogP contribution >= 0.6 is 0 Å². The number of carbonyl (C=O) groups excluding carboxylic acids is 1. The van der Waals surface area contributed by atoms with Crippen LogP contribution in [-0.2, 0) is 11.3 Å². The number of ether oxygens (including phenoxy) is 2. The van der Waals surface area contributed by atoms with Crippen molar-refractivity contribution in [3.8, 4) is 17.1 Å². The molecule has 1 aromatic carbocycles. The van der Waals surface area contributed by atoms with E-state index >= 15 is 0 Å². The van der Waals surface area contributed by atoms with Crippen molar-refractivity contribution in [2.45, 2.75) is 13.5 Å². The Morgan fingerprint density at radius 3 is 3.11 bits per heavy atom. The van der Waals surface area contributed by atoms with Gasteiger partial charge in [-0.15, -0.1) is 0 Å². The summed E-state index contributed by atoms with van der Waals surface area (Å²) in [4.78, 5) is 11.7. The number of hydrogen-bond acceptors (Lipinski definition) is 5. The number of fused-ring (bicyclic) bond motifs is 3. The Morgan fingerprint density at radius 2 is 2.28 bits per heavy atom. The summed E-state index contributed by atoms with van der Waals surface area (Å²) in [5, 5.41) is 3.79. The summed E-state index contributed by atoms with van der Waals surface area (Å²) in [7, 11) is 0. The second-order valence-electron chi connectivity index (χ2n) is 3.84. The average molecular weight is 245 g/mol. The van der Waals surface area contributed by atoms with Gasteiger partial charge in [-0.1, -0.05) is 17.3 Å². The molecule has 0 fully saturated rings. The van der Waals surface area contributed by atoms with Gasteiger partial charge < -0.3 is 14.0 Å². The van der Waals surface area contributed by atoms with Crippen molar-refractivity contribution in [3.05, 3.63) is 35.5 Å². The molecule has 1 aromatic heterocycles. The molecule has 2 heterocycles. The van der Waals surface area contributed by atoms with Gasteiger partial charge in [0.05, 0.1) is 17.7 Å². The largest absolute Gasteiger partial charge is 0.488 e. The van der Waals surface area contributed by atoms with E-state index in [1.165, 1.54) is 0 Å². The Kier molecular flexibility index (Phi) is 2.51. The van der Waals surface area contributed by atoms with E-state index in [1.54, 1.807) is 6.92 Å². The number of carbonyl (C=O) groups is 1. The lowest BCUT2D eigenvalue weighted by molar-refractivity contribution is 0.0512. The molecular formula is C13H11NO4. The quantitative estimate of drug-likeness (QED) is 0.760. The molecule has 5 heteroatoms. The maximum atomic E-state index is 11.7. The third-order valence-electron chi connectivity index (χ3n) is 2.76. The number of aromatic nitrogens is 1. The molecule has 3 rings (SSSR count). The lowest BCUT2D eigenvalue weighted by Crippen LogP contribution is -2.11. The summed E-state index contributed by atoms with van der Waals surface area (Å²) in [6.07, 6.45) is 0. The van der Waals surface area contributed by atoms with Crippen molar-refractivity contribution < 1.29 is 18.8 Å². The minimum Gasteiger partial charge on any atom is -0.488 e. The normalized spacial score (nSPS) is 12.3. The van der Waals surface area contributed by atoms with E-state index in [9.17, 15) is 4.79 Å². The Labute approximate surface area is 103 Å². The average Bonchev–Trinajstić information content (AvgIpc) is 2.83. The Balaban J connectivity index is 2.07. The van der Waals surface area contributed by atoms with E-state index in [4.69, 9.17) is 14.0 Å². The van der Waals surface area contributed by atoms with Gasteiger partial charge in [-0.05, 0) is 19.1 Å². The smallest absolute Gasteiger partial charge is 0.360 e. The minimum absolute atomic E-state index is 0.196. The molecule has 0 amide bonds. The third-order valence-corrected chi connectivity index (χ3v) is 2.76. The lowest BCUT2D eigenvalue weighted by Gasteiger charge is -2.15. The summed E-state index contributed by atoms with van der Waals surface area (Å²) in [6, 6.07) is 7.48. The molecule has 18 heavy (non-hydrogen) atoms. The molecule has 0 unspecified atom stereocenters. The Hall–Kier alpha value is -2.30. The van der Waals surface area contributed by atoms with Crippen LogP contribution in [0.15, 0.2) is 28.8 Å². The maximum Gasteiger partial charge on any atom is 0.360 e. The molecule has 0 spiro atoms. The first-order valence-electron chi connectivity index (χ1n) is 5.69. The van der Waals surface area contributed by atoms with Crippen molar-refractivity contribution >= 4 is 5.97 Å². The van der Waals surface area contributed by atoms with Gasteiger partial charge in [-0.2, -0.15) is 0 Å². The fraction of sp³-hybridized carbons (Fsp3) is 0.231. The highest BCUT2D eigenvalue weighted by atomic mass is 16.5. The molecule has 0 saturated heterocycles. The molecule has 5 nitrogen and oxygen atoms in total. The lowest BCUT2D eigenvalue weighted by atomic mass is 10.0. The van der Waals surface area contributed by atoms with Gasteiger partial charge >= 0.3 is 5.97 Å². The fourth-order valence-corrected chi connectivity index (χ4v) is 1.94. The summed E-state index contributed by atoms with van der Waals surface area (Å²) in [5.41, 5.74) is 1.65. The molecule has 0 saturated carbocycles. The minimum atomic E-state index is -0.481. The third kappa shape index (κ3) is 1.55. The molecule has 0 bridgehead atoms. The Bertz CT molecular complexity index is 603. The van der Waals surface area contributed by atoms with Crippen molar-refractivity contribution in [2.24, 2.45) is 0 Å². The highest BCUT2D eigenvalue weighted by Crippen LogP contribution is 2.38. The highest BCUT2D eigenvalue weighted by Gasteiger charge is 2.29. The standard InChI is InChI=1S/C13H11NO4/c1-2-16-13(15)11-9-7-17-10-6-4-3-5-8(10)12(9)18-14-11/h3-6H,2,7H2,1H3. The second-order valence-corrected chi connectivity index (χ2v) is 3.84. The van der Waals surface area contributed by atoms with Crippen LogP contribution in [0.1, 0.15) is 23.0 Å². The predicted molar refractivity (Wildman–Crippen MR) is 62.2 cm³/mol. The highest BCUT2D eigenvalue weighted by molar-refractivity contribution is 5.91. The first-order valence-corrected chi connectivity index (χ1v) is 5.69. The van der Waals surface area contributed by atoms with Crippen LogP contribution < -0.4 is 4.74 Å². The molecule has 0 atom stereocenters. The van der Waals surface area contributed by atoms with Crippen LogP contribution in [0.2, 0.25) is 0 Å². The molecule has 0 N–H and O–H groups in total. The summed E-state index contributed by atoms with van der Waals surface area (Å²) >= 11 is 0. The van der Waals surface area contributed by atoms with E-state index in [2.05, 4.69) is 5.16 Å². The van der Waals surface area contributed by atoms with Gasteiger partial charge in [0.2, 0.25) is 0 Å². The van der Waals surface area contributed by atoms with Crippen LogP contribution in [0.25, 0.3) is 11.3 Å². The zero-order valence-corrected chi connectivity index (χ0v) is 9.80. The number of benzene rings is 1. The molecule has 1 aliphatic rings. The van der Waals surface area contributed by atoms with Crippen LogP contribution in [-0.4, -0.2) is 17.7 Å². The summed E-state index contributed by atoms with van der Waals surface area (Å²) in [5.74, 6) is 0.835. The maximum absolute atomic E-state index is 11.7. The van der Waals surface area contributed by atoms with Gasteiger partial charge in [0, 0.05) is 0 Å². The molecule has 2 aromatic rings. The fourth-order valence-electron chi connectivity index (χ4n) is 1.94.